The quantitative estimate of drug-likeness (QED) is 0.915. The lowest BCUT2D eigenvalue weighted by Gasteiger charge is -2.16. The molecule has 0 aliphatic carbocycles. The van der Waals surface area contributed by atoms with Crippen molar-refractivity contribution in [2.24, 2.45) is 0 Å². The van der Waals surface area contributed by atoms with E-state index in [1.165, 1.54) is 10.4 Å². The second-order valence-electron chi connectivity index (χ2n) is 5.00. The van der Waals surface area contributed by atoms with Crippen LogP contribution in [0.2, 0.25) is 0 Å². The molecule has 0 unspecified atom stereocenters. The SMILES string of the molecule is O=C1CCCN1c1ccc(CNCc2cccs2)cc1. The first kappa shape index (κ1) is 13.3. The Bertz CT molecular complexity index is 563. The van der Waals surface area contributed by atoms with Gasteiger partial charge in [0, 0.05) is 36.6 Å². The zero-order valence-electron chi connectivity index (χ0n) is 11.3. The number of anilines is 1. The van der Waals surface area contributed by atoms with Crippen LogP contribution in [0.25, 0.3) is 0 Å². The molecule has 0 saturated carbocycles. The summed E-state index contributed by atoms with van der Waals surface area (Å²) in [6.07, 6.45) is 1.66. The van der Waals surface area contributed by atoms with Crippen LogP contribution in [0, 0.1) is 0 Å². The molecule has 0 spiro atoms. The second kappa shape index (κ2) is 6.20. The van der Waals surface area contributed by atoms with Crippen molar-refractivity contribution in [1.82, 2.24) is 5.32 Å². The number of rotatable bonds is 5. The van der Waals surface area contributed by atoms with Crippen LogP contribution >= 0.6 is 11.3 Å². The fourth-order valence-corrected chi connectivity index (χ4v) is 3.13. The van der Waals surface area contributed by atoms with Crippen LogP contribution in [0.4, 0.5) is 5.69 Å². The highest BCUT2D eigenvalue weighted by Crippen LogP contribution is 2.21. The van der Waals surface area contributed by atoms with E-state index in [9.17, 15) is 4.79 Å². The van der Waals surface area contributed by atoms with Crippen molar-refractivity contribution in [2.75, 3.05) is 11.4 Å². The van der Waals surface area contributed by atoms with Crippen LogP contribution in [-0.4, -0.2) is 12.5 Å². The van der Waals surface area contributed by atoms with Gasteiger partial charge in [0.05, 0.1) is 0 Å². The van der Waals surface area contributed by atoms with E-state index in [1.54, 1.807) is 11.3 Å². The topological polar surface area (TPSA) is 32.3 Å². The first-order valence-electron chi connectivity index (χ1n) is 6.95. The highest BCUT2D eigenvalue weighted by atomic mass is 32.1. The van der Waals surface area contributed by atoms with Crippen LogP contribution < -0.4 is 10.2 Å². The molecule has 1 saturated heterocycles. The number of hydrogen-bond donors (Lipinski definition) is 1. The van der Waals surface area contributed by atoms with Gasteiger partial charge in [-0.05, 0) is 35.6 Å². The van der Waals surface area contributed by atoms with Gasteiger partial charge in [-0.25, -0.2) is 0 Å². The lowest BCUT2D eigenvalue weighted by Crippen LogP contribution is -2.23. The van der Waals surface area contributed by atoms with E-state index in [0.29, 0.717) is 6.42 Å². The lowest BCUT2D eigenvalue weighted by molar-refractivity contribution is -0.117. The second-order valence-corrected chi connectivity index (χ2v) is 6.03. The first-order chi connectivity index (χ1) is 9.83. The van der Waals surface area contributed by atoms with Gasteiger partial charge < -0.3 is 10.2 Å². The number of thiophene rings is 1. The number of hydrogen-bond acceptors (Lipinski definition) is 3. The van der Waals surface area contributed by atoms with E-state index in [0.717, 1.165) is 31.7 Å². The molecule has 1 amide bonds. The number of nitrogens with zero attached hydrogens (tertiary/aromatic N) is 1. The monoisotopic (exact) mass is 286 g/mol. The van der Waals surface area contributed by atoms with Crippen LogP contribution in [0.15, 0.2) is 41.8 Å². The van der Waals surface area contributed by atoms with Crippen LogP contribution in [0.5, 0.6) is 0 Å². The molecule has 2 aromatic rings. The summed E-state index contributed by atoms with van der Waals surface area (Å²) in [7, 11) is 0. The molecule has 4 heteroatoms. The Morgan fingerprint density at radius 3 is 2.65 bits per heavy atom. The van der Waals surface area contributed by atoms with Crippen molar-refractivity contribution < 1.29 is 4.79 Å². The van der Waals surface area contributed by atoms with Crippen molar-refractivity contribution in [2.45, 2.75) is 25.9 Å². The van der Waals surface area contributed by atoms with Crippen molar-refractivity contribution in [1.29, 1.82) is 0 Å². The Kier molecular flexibility index (Phi) is 4.14. The molecule has 1 aromatic heterocycles. The van der Waals surface area contributed by atoms with Gasteiger partial charge in [0.2, 0.25) is 5.91 Å². The van der Waals surface area contributed by atoms with E-state index in [2.05, 4.69) is 35.0 Å². The fourth-order valence-electron chi connectivity index (χ4n) is 2.46. The van der Waals surface area contributed by atoms with Gasteiger partial charge in [-0.15, -0.1) is 11.3 Å². The predicted molar refractivity (Wildman–Crippen MR) is 82.9 cm³/mol. The van der Waals surface area contributed by atoms with Gasteiger partial charge in [-0.1, -0.05) is 18.2 Å². The molecule has 3 rings (SSSR count). The third-order valence-electron chi connectivity index (χ3n) is 3.53. The number of nitrogens with one attached hydrogen (secondary N) is 1. The Labute approximate surface area is 123 Å². The summed E-state index contributed by atoms with van der Waals surface area (Å²) in [6.45, 7) is 2.62. The smallest absolute Gasteiger partial charge is 0.227 e. The van der Waals surface area contributed by atoms with E-state index >= 15 is 0 Å². The molecule has 0 bridgehead atoms. The normalized spacial score (nSPS) is 15.0. The van der Waals surface area contributed by atoms with Gasteiger partial charge >= 0.3 is 0 Å². The Balaban J connectivity index is 1.54. The minimum atomic E-state index is 0.244. The summed E-state index contributed by atoms with van der Waals surface area (Å²) in [5.74, 6) is 0.244. The molecule has 0 radical (unpaired) electrons. The van der Waals surface area contributed by atoms with Gasteiger partial charge in [0.1, 0.15) is 0 Å². The summed E-state index contributed by atoms with van der Waals surface area (Å²) in [4.78, 5) is 14.9. The molecule has 1 aliphatic heterocycles. The van der Waals surface area contributed by atoms with Crippen LogP contribution in [-0.2, 0) is 17.9 Å². The minimum Gasteiger partial charge on any atom is -0.312 e. The van der Waals surface area contributed by atoms with Crippen LogP contribution in [0.1, 0.15) is 23.3 Å². The summed E-state index contributed by atoms with van der Waals surface area (Å²) in [5, 5.41) is 5.53. The molecule has 20 heavy (non-hydrogen) atoms. The van der Waals surface area contributed by atoms with E-state index in [4.69, 9.17) is 0 Å². The van der Waals surface area contributed by atoms with E-state index < -0.39 is 0 Å². The van der Waals surface area contributed by atoms with Crippen molar-refractivity contribution in [3.05, 3.63) is 52.2 Å². The summed E-state index contributed by atoms with van der Waals surface area (Å²) < 4.78 is 0. The molecule has 1 aromatic carbocycles. The standard InChI is InChI=1S/C16H18N2OS/c19-16-4-1-9-18(16)14-7-5-13(6-8-14)11-17-12-15-3-2-10-20-15/h2-3,5-8,10,17H,1,4,9,11-12H2. The largest absolute Gasteiger partial charge is 0.312 e. The number of amides is 1. The summed E-state index contributed by atoms with van der Waals surface area (Å²) in [6, 6.07) is 12.5. The molecule has 0 atom stereocenters. The average molecular weight is 286 g/mol. The maximum Gasteiger partial charge on any atom is 0.227 e. The molecule has 2 heterocycles. The molecule has 1 N–H and O–H groups in total. The maximum absolute atomic E-state index is 11.7. The third-order valence-corrected chi connectivity index (χ3v) is 4.41. The highest BCUT2D eigenvalue weighted by Gasteiger charge is 2.21. The third kappa shape index (κ3) is 3.08. The molecule has 104 valence electrons. The zero-order chi connectivity index (χ0) is 13.8. The van der Waals surface area contributed by atoms with Crippen molar-refractivity contribution in [3.63, 3.8) is 0 Å². The molecule has 3 nitrogen and oxygen atoms in total. The lowest BCUT2D eigenvalue weighted by atomic mass is 10.2. The summed E-state index contributed by atoms with van der Waals surface area (Å²) >= 11 is 1.77. The van der Waals surface area contributed by atoms with E-state index in [1.807, 2.05) is 17.0 Å². The first-order valence-corrected chi connectivity index (χ1v) is 7.83. The van der Waals surface area contributed by atoms with Gasteiger partial charge in [-0.3, -0.25) is 4.79 Å². The predicted octanol–water partition coefficient (Wildman–Crippen LogP) is 3.16. The Hall–Kier alpha value is -1.65. The minimum absolute atomic E-state index is 0.244. The Morgan fingerprint density at radius 1 is 1.15 bits per heavy atom. The van der Waals surface area contributed by atoms with Crippen molar-refractivity contribution in [3.8, 4) is 0 Å². The fraction of sp³-hybridized carbons (Fsp3) is 0.312. The van der Waals surface area contributed by atoms with Crippen molar-refractivity contribution >= 4 is 22.9 Å². The zero-order valence-corrected chi connectivity index (χ0v) is 12.2. The molecular weight excluding hydrogens is 268 g/mol. The molecular formula is C16H18N2OS. The van der Waals surface area contributed by atoms with E-state index in [-0.39, 0.29) is 5.91 Å². The van der Waals surface area contributed by atoms with Gasteiger partial charge in [-0.2, -0.15) is 0 Å². The Morgan fingerprint density at radius 2 is 2.00 bits per heavy atom. The maximum atomic E-state index is 11.7. The highest BCUT2D eigenvalue weighted by molar-refractivity contribution is 7.09. The summed E-state index contributed by atoms with van der Waals surface area (Å²) in [5.41, 5.74) is 2.27. The average Bonchev–Trinajstić information content (AvgIpc) is 3.11. The number of carbonyl (C=O) groups is 1. The number of carbonyl (C=O) groups excluding carboxylic acids is 1. The molecule has 1 fully saturated rings. The van der Waals surface area contributed by atoms with Gasteiger partial charge in [0.15, 0.2) is 0 Å². The van der Waals surface area contributed by atoms with Gasteiger partial charge in [0.25, 0.3) is 0 Å². The van der Waals surface area contributed by atoms with Crippen LogP contribution in [0.3, 0.4) is 0 Å². The number of benzene rings is 1. The molecule has 1 aliphatic rings.